The summed E-state index contributed by atoms with van der Waals surface area (Å²) in [6.07, 6.45) is 1.78. The van der Waals surface area contributed by atoms with Gasteiger partial charge in [-0.2, -0.15) is 0 Å². The fourth-order valence-corrected chi connectivity index (χ4v) is 2.28. The molecule has 0 saturated carbocycles. The van der Waals surface area contributed by atoms with Gasteiger partial charge < -0.3 is 5.73 Å². The van der Waals surface area contributed by atoms with Crippen LogP contribution in [-0.4, -0.2) is 4.98 Å². The third-order valence-electron chi connectivity index (χ3n) is 3.29. The van der Waals surface area contributed by atoms with Crippen LogP contribution in [-0.2, 0) is 0 Å². The number of hydrogen-bond acceptors (Lipinski definition) is 2. The van der Waals surface area contributed by atoms with Gasteiger partial charge >= 0.3 is 0 Å². The Morgan fingerprint density at radius 3 is 2.33 bits per heavy atom. The molecule has 3 heteroatoms. The van der Waals surface area contributed by atoms with E-state index in [0.29, 0.717) is 0 Å². The number of nitrogens with two attached hydrogens (primary N) is 1. The standard InChI is InChI=1S/C15H17BrN2/c1-9-6-11(3)13(7-10(9)2)15(17)14-5-4-12(16)8-18-14/h4-8,15H,17H2,1-3H3. The maximum absolute atomic E-state index is 6.31. The lowest BCUT2D eigenvalue weighted by Crippen LogP contribution is -2.15. The zero-order valence-electron chi connectivity index (χ0n) is 10.9. The fourth-order valence-electron chi connectivity index (χ4n) is 2.05. The van der Waals surface area contributed by atoms with E-state index < -0.39 is 0 Å². The molecule has 1 atom stereocenters. The number of aromatic nitrogens is 1. The van der Waals surface area contributed by atoms with Crippen LogP contribution in [0.2, 0.25) is 0 Å². The van der Waals surface area contributed by atoms with Gasteiger partial charge in [-0.25, -0.2) is 0 Å². The summed E-state index contributed by atoms with van der Waals surface area (Å²) in [5.41, 5.74) is 12.1. The number of hydrogen-bond donors (Lipinski definition) is 1. The predicted molar refractivity (Wildman–Crippen MR) is 78.6 cm³/mol. The lowest BCUT2D eigenvalue weighted by Gasteiger charge is -2.16. The van der Waals surface area contributed by atoms with Crippen molar-refractivity contribution in [2.24, 2.45) is 5.73 Å². The quantitative estimate of drug-likeness (QED) is 0.916. The van der Waals surface area contributed by atoms with Crippen LogP contribution in [0, 0.1) is 20.8 Å². The smallest absolute Gasteiger partial charge is 0.0729 e. The number of aryl methyl sites for hydroxylation is 3. The van der Waals surface area contributed by atoms with Crippen molar-refractivity contribution >= 4 is 15.9 Å². The molecule has 1 aromatic carbocycles. The van der Waals surface area contributed by atoms with Crippen molar-refractivity contribution in [1.82, 2.24) is 4.98 Å². The highest BCUT2D eigenvalue weighted by Crippen LogP contribution is 2.24. The largest absolute Gasteiger partial charge is 0.319 e. The third-order valence-corrected chi connectivity index (χ3v) is 3.76. The monoisotopic (exact) mass is 304 g/mol. The first-order chi connectivity index (χ1) is 8.49. The summed E-state index contributed by atoms with van der Waals surface area (Å²) >= 11 is 3.38. The second-order valence-electron chi connectivity index (χ2n) is 4.67. The van der Waals surface area contributed by atoms with E-state index >= 15 is 0 Å². The zero-order chi connectivity index (χ0) is 13.3. The van der Waals surface area contributed by atoms with Crippen LogP contribution in [0.4, 0.5) is 0 Å². The number of pyridine rings is 1. The first-order valence-corrected chi connectivity index (χ1v) is 6.73. The molecule has 0 fully saturated rings. The van der Waals surface area contributed by atoms with E-state index in [1.807, 2.05) is 12.1 Å². The van der Waals surface area contributed by atoms with E-state index in [1.165, 1.54) is 16.7 Å². The molecule has 2 N–H and O–H groups in total. The summed E-state index contributed by atoms with van der Waals surface area (Å²) < 4.78 is 0.968. The average molecular weight is 305 g/mol. The lowest BCUT2D eigenvalue weighted by molar-refractivity contribution is 0.818. The first-order valence-electron chi connectivity index (χ1n) is 5.94. The van der Waals surface area contributed by atoms with Crippen molar-refractivity contribution < 1.29 is 0 Å². The van der Waals surface area contributed by atoms with Crippen molar-refractivity contribution in [2.75, 3.05) is 0 Å². The lowest BCUT2D eigenvalue weighted by atomic mass is 9.94. The molecule has 0 saturated heterocycles. The molecular formula is C15H17BrN2. The Bertz CT molecular complexity index is 561. The first kappa shape index (κ1) is 13.2. The number of halogens is 1. The maximum atomic E-state index is 6.31. The molecule has 0 radical (unpaired) electrons. The molecule has 2 nitrogen and oxygen atoms in total. The molecule has 0 bridgehead atoms. The van der Waals surface area contributed by atoms with Crippen LogP contribution in [0.3, 0.4) is 0 Å². The number of rotatable bonds is 2. The highest BCUT2D eigenvalue weighted by Gasteiger charge is 2.13. The predicted octanol–water partition coefficient (Wildman–Crippen LogP) is 3.82. The molecule has 1 heterocycles. The van der Waals surface area contributed by atoms with E-state index in [1.54, 1.807) is 6.20 Å². The van der Waals surface area contributed by atoms with Gasteiger partial charge in [0.25, 0.3) is 0 Å². The second kappa shape index (κ2) is 5.21. The normalized spacial score (nSPS) is 12.5. The molecule has 94 valence electrons. The number of benzene rings is 1. The SMILES string of the molecule is Cc1cc(C)c(C(N)c2ccc(Br)cn2)cc1C. The molecule has 0 aliphatic heterocycles. The van der Waals surface area contributed by atoms with Gasteiger partial charge in [0.2, 0.25) is 0 Å². The van der Waals surface area contributed by atoms with Crippen molar-refractivity contribution in [3.8, 4) is 0 Å². The molecular weight excluding hydrogens is 288 g/mol. The van der Waals surface area contributed by atoms with Gasteiger partial charge in [0.15, 0.2) is 0 Å². The van der Waals surface area contributed by atoms with Gasteiger partial charge in [-0.3, -0.25) is 4.98 Å². The van der Waals surface area contributed by atoms with Crippen LogP contribution >= 0.6 is 15.9 Å². The molecule has 0 aliphatic carbocycles. The van der Waals surface area contributed by atoms with Gasteiger partial charge in [-0.15, -0.1) is 0 Å². The van der Waals surface area contributed by atoms with Crippen LogP contribution < -0.4 is 5.73 Å². The summed E-state index contributed by atoms with van der Waals surface area (Å²) in [5.74, 6) is 0. The summed E-state index contributed by atoms with van der Waals surface area (Å²) in [5, 5.41) is 0. The van der Waals surface area contributed by atoms with E-state index in [9.17, 15) is 0 Å². The summed E-state index contributed by atoms with van der Waals surface area (Å²) in [4.78, 5) is 4.38. The molecule has 0 spiro atoms. The average Bonchev–Trinajstić information content (AvgIpc) is 2.34. The molecule has 1 aromatic heterocycles. The van der Waals surface area contributed by atoms with Crippen LogP contribution in [0.25, 0.3) is 0 Å². The van der Waals surface area contributed by atoms with Gasteiger partial charge in [0.1, 0.15) is 0 Å². The zero-order valence-corrected chi connectivity index (χ0v) is 12.5. The molecule has 2 aromatic rings. The van der Waals surface area contributed by atoms with E-state index in [4.69, 9.17) is 5.73 Å². The number of nitrogens with zero attached hydrogens (tertiary/aromatic N) is 1. The van der Waals surface area contributed by atoms with Crippen LogP contribution in [0.1, 0.15) is 34.0 Å². The highest BCUT2D eigenvalue weighted by molar-refractivity contribution is 9.10. The van der Waals surface area contributed by atoms with Crippen LogP contribution in [0.15, 0.2) is 34.9 Å². The summed E-state index contributed by atoms with van der Waals surface area (Å²) in [7, 11) is 0. The van der Waals surface area contributed by atoms with Gasteiger partial charge in [0, 0.05) is 10.7 Å². The van der Waals surface area contributed by atoms with E-state index in [2.05, 4.69) is 53.8 Å². The minimum absolute atomic E-state index is 0.169. The molecule has 1 unspecified atom stereocenters. The van der Waals surface area contributed by atoms with Crippen molar-refractivity contribution in [3.63, 3.8) is 0 Å². The Morgan fingerprint density at radius 1 is 1.06 bits per heavy atom. The Hall–Kier alpha value is -1.19. The fraction of sp³-hybridized carbons (Fsp3) is 0.267. The molecule has 18 heavy (non-hydrogen) atoms. The Morgan fingerprint density at radius 2 is 1.72 bits per heavy atom. The van der Waals surface area contributed by atoms with Gasteiger partial charge in [-0.05, 0) is 71.1 Å². The Balaban J connectivity index is 2.42. The van der Waals surface area contributed by atoms with Crippen LogP contribution in [0.5, 0.6) is 0 Å². The van der Waals surface area contributed by atoms with Crippen molar-refractivity contribution in [3.05, 3.63) is 62.9 Å². The third kappa shape index (κ3) is 2.62. The van der Waals surface area contributed by atoms with Crippen molar-refractivity contribution in [1.29, 1.82) is 0 Å². The van der Waals surface area contributed by atoms with E-state index in [-0.39, 0.29) is 6.04 Å². The second-order valence-corrected chi connectivity index (χ2v) is 5.59. The highest BCUT2D eigenvalue weighted by atomic mass is 79.9. The topological polar surface area (TPSA) is 38.9 Å². The minimum Gasteiger partial charge on any atom is -0.319 e. The molecule has 0 amide bonds. The maximum Gasteiger partial charge on any atom is 0.0729 e. The van der Waals surface area contributed by atoms with Gasteiger partial charge in [0.05, 0.1) is 11.7 Å². The summed E-state index contributed by atoms with van der Waals surface area (Å²) in [6, 6.07) is 8.11. The molecule has 0 aliphatic rings. The Labute approximate surface area is 116 Å². The Kier molecular flexibility index (Phi) is 3.83. The minimum atomic E-state index is -0.169. The van der Waals surface area contributed by atoms with Gasteiger partial charge in [-0.1, -0.05) is 12.1 Å². The summed E-state index contributed by atoms with van der Waals surface area (Å²) in [6.45, 7) is 6.33. The van der Waals surface area contributed by atoms with Crippen molar-refractivity contribution in [2.45, 2.75) is 26.8 Å². The van der Waals surface area contributed by atoms with E-state index in [0.717, 1.165) is 15.7 Å². The molecule has 2 rings (SSSR count).